The zero-order chi connectivity index (χ0) is 17.2. The Bertz CT molecular complexity index is 555. The van der Waals surface area contributed by atoms with E-state index in [4.69, 9.17) is 18.9 Å². The number of rotatable bonds is 6. The Morgan fingerprint density at radius 2 is 0.913 bits per heavy atom. The Morgan fingerprint density at radius 3 is 1.22 bits per heavy atom. The van der Waals surface area contributed by atoms with Crippen molar-refractivity contribution in [2.45, 2.75) is 20.3 Å². The van der Waals surface area contributed by atoms with E-state index in [1.807, 2.05) is 50.2 Å². The van der Waals surface area contributed by atoms with E-state index in [2.05, 4.69) is 0 Å². The normalized spacial score (nSPS) is 9.48. The fourth-order valence-electron chi connectivity index (χ4n) is 2.22. The Labute approximate surface area is 139 Å². The van der Waals surface area contributed by atoms with Crippen LogP contribution >= 0.6 is 0 Å². The van der Waals surface area contributed by atoms with Crippen molar-refractivity contribution < 1.29 is 18.9 Å². The summed E-state index contributed by atoms with van der Waals surface area (Å²) in [6.07, 6.45) is 0.778. The van der Waals surface area contributed by atoms with Crippen LogP contribution in [0.1, 0.15) is 25.0 Å². The lowest BCUT2D eigenvalue weighted by molar-refractivity contribution is 0.354. The lowest BCUT2D eigenvalue weighted by Crippen LogP contribution is -1.95. The van der Waals surface area contributed by atoms with Crippen molar-refractivity contribution in [3.05, 3.63) is 47.5 Å². The molecule has 2 aromatic carbocycles. The average Bonchev–Trinajstić information content (AvgIpc) is 2.63. The molecule has 0 aliphatic carbocycles. The fraction of sp³-hybridized carbons (Fsp3) is 0.368. The Hall–Kier alpha value is -2.36. The molecule has 126 valence electrons. The third-order valence-corrected chi connectivity index (χ3v) is 3.30. The maximum atomic E-state index is 5.33. The topological polar surface area (TPSA) is 36.9 Å². The summed E-state index contributed by atoms with van der Waals surface area (Å²) in [6, 6.07) is 11.8. The van der Waals surface area contributed by atoms with Gasteiger partial charge in [0, 0.05) is 0 Å². The van der Waals surface area contributed by atoms with E-state index >= 15 is 0 Å². The van der Waals surface area contributed by atoms with Gasteiger partial charge in [0.15, 0.2) is 23.0 Å². The summed E-state index contributed by atoms with van der Waals surface area (Å²) in [4.78, 5) is 0. The van der Waals surface area contributed by atoms with Gasteiger partial charge in [-0.05, 0) is 41.8 Å². The van der Waals surface area contributed by atoms with Crippen LogP contribution in [-0.2, 0) is 6.42 Å². The van der Waals surface area contributed by atoms with Crippen LogP contribution in [-0.4, -0.2) is 28.4 Å². The van der Waals surface area contributed by atoms with Crippen LogP contribution in [0.3, 0.4) is 0 Å². The predicted molar refractivity (Wildman–Crippen MR) is 93.2 cm³/mol. The third-order valence-electron chi connectivity index (χ3n) is 3.30. The minimum absolute atomic E-state index is 0.730. The van der Waals surface area contributed by atoms with Gasteiger partial charge in [0.25, 0.3) is 0 Å². The lowest BCUT2D eigenvalue weighted by atomic mass is 10.0. The highest BCUT2D eigenvalue weighted by Crippen LogP contribution is 2.31. The Balaban J connectivity index is 0.00000127. The van der Waals surface area contributed by atoms with Gasteiger partial charge in [-0.2, -0.15) is 0 Å². The molecule has 0 bridgehead atoms. The molecule has 0 atom stereocenters. The second-order valence-corrected chi connectivity index (χ2v) is 4.56. The number of hydrogen-bond donors (Lipinski definition) is 0. The molecule has 0 aromatic heterocycles. The molecule has 0 saturated carbocycles. The molecule has 0 radical (unpaired) electrons. The van der Waals surface area contributed by atoms with Crippen molar-refractivity contribution in [3.63, 3.8) is 0 Å². The summed E-state index contributed by atoms with van der Waals surface area (Å²) in [5.74, 6) is 2.92. The first kappa shape index (κ1) is 18.7. The minimum Gasteiger partial charge on any atom is -0.493 e. The number of methoxy groups -OCH3 is 4. The van der Waals surface area contributed by atoms with E-state index in [-0.39, 0.29) is 0 Å². The summed E-state index contributed by atoms with van der Waals surface area (Å²) < 4.78 is 21.1. The molecule has 2 rings (SSSR count). The molecular formula is C19H26O4. The van der Waals surface area contributed by atoms with E-state index < -0.39 is 0 Å². The van der Waals surface area contributed by atoms with Gasteiger partial charge in [-0.15, -0.1) is 0 Å². The van der Waals surface area contributed by atoms with Crippen molar-refractivity contribution in [1.29, 1.82) is 0 Å². The van der Waals surface area contributed by atoms with Gasteiger partial charge in [0.1, 0.15) is 0 Å². The SMILES string of the molecule is CC.COc1ccc(Cc2ccc(OC)c(OC)c2)cc1OC. The standard InChI is InChI=1S/C17H20O4.C2H6/c1-18-14-7-5-12(10-16(14)20-3)9-13-6-8-15(19-2)17(11-13)21-4;1-2/h5-8,10-11H,9H2,1-4H3;1-2H3. The van der Waals surface area contributed by atoms with Gasteiger partial charge in [0.05, 0.1) is 28.4 Å². The molecule has 0 aliphatic heterocycles. The first-order chi connectivity index (χ1) is 11.2. The van der Waals surface area contributed by atoms with Crippen molar-refractivity contribution >= 4 is 0 Å². The molecule has 0 unspecified atom stereocenters. The highest BCUT2D eigenvalue weighted by Gasteiger charge is 2.08. The van der Waals surface area contributed by atoms with Crippen LogP contribution in [0, 0.1) is 0 Å². The van der Waals surface area contributed by atoms with Crippen molar-refractivity contribution in [2.75, 3.05) is 28.4 Å². The molecule has 23 heavy (non-hydrogen) atoms. The van der Waals surface area contributed by atoms with Crippen LogP contribution in [0.2, 0.25) is 0 Å². The molecule has 4 nitrogen and oxygen atoms in total. The smallest absolute Gasteiger partial charge is 0.160 e. The van der Waals surface area contributed by atoms with Crippen LogP contribution in [0.5, 0.6) is 23.0 Å². The zero-order valence-electron chi connectivity index (χ0n) is 14.8. The number of ether oxygens (including phenoxy) is 4. The van der Waals surface area contributed by atoms with E-state index in [9.17, 15) is 0 Å². The maximum Gasteiger partial charge on any atom is 0.160 e. The molecule has 0 spiro atoms. The van der Waals surface area contributed by atoms with Crippen molar-refractivity contribution in [3.8, 4) is 23.0 Å². The summed E-state index contributed by atoms with van der Waals surface area (Å²) in [5.41, 5.74) is 2.28. The summed E-state index contributed by atoms with van der Waals surface area (Å²) in [5, 5.41) is 0. The van der Waals surface area contributed by atoms with Gasteiger partial charge >= 0.3 is 0 Å². The van der Waals surface area contributed by atoms with Gasteiger partial charge in [0.2, 0.25) is 0 Å². The maximum absolute atomic E-state index is 5.33. The first-order valence-electron chi connectivity index (χ1n) is 7.63. The van der Waals surface area contributed by atoms with Gasteiger partial charge in [-0.25, -0.2) is 0 Å². The summed E-state index contributed by atoms with van der Waals surface area (Å²) in [6.45, 7) is 4.00. The molecule has 0 heterocycles. The molecule has 0 amide bonds. The summed E-state index contributed by atoms with van der Waals surface area (Å²) >= 11 is 0. The molecule has 4 heteroatoms. The lowest BCUT2D eigenvalue weighted by Gasteiger charge is -2.11. The first-order valence-corrected chi connectivity index (χ1v) is 7.63. The highest BCUT2D eigenvalue weighted by atomic mass is 16.5. The quantitative estimate of drug-likeness (QED) is 0.794. The van der Waals surface area contributed by atoms with Crippen LogP contribution < -0.4 is 18.9 Å². The van der Waals surface area contributed by atoms with Crippen LogP contribution in [0.15, 0.2) is 36.4 Å². The van der Waals surface area contributed by atoms with Crippen molar-refractivity contribution in [2.24, 2.45) is 0 Å². The molecule has 0 aliphatic rings. The summed E-state index contributed by atoms with van der Waals surface area (Å²) in [7, 11) is 6.54. The second kappa shape index (κ2) is 9.62. The predicted octanol–water partition coefficient (Wildman–Crippen LogP) is 4.34. The van der Waals surface area contributed by atoms with Crippen LogP contribution in [0.25, 0.3) is 0 Å². The van der Waals surface area contributed by atoms with Gasteiger partial charge in [-0.3, -0.25) is 0 Å². The van der Waals surface area contributed by atoms with E-state index in [1.165, 1.54) is 0 Å². The van der Waals surface area contributed by atoms with E-state index in [0.29, 0.717) is 0 Å². The Morgan fingerprint density at radius 1 is 0.565 bits per heavy atom. The molecule has 2 aromatic rings. The highest BCUT2D eigenvalue weighted by molar-refractivity contribution is 5.47. The van der Waals surface area contributed by atoms with Crippen LogP contribution in [0.4, 0.5) is 0 Å². The van der Waals surface area contributed by atoms with E-state index in [1.54, 1.807) is 28.4 Å². The third kappa shape index (κ3) is 4.81. The molecule has 0 saturated heterocycles. The van der Waals surface area contributed by atoms with Crippen molar-refractivity contribution in [1.82, 2.24) is 0 Å². The molecular weight excluding hydrogens is 292 g/mol. The second-order valence-electron chi connectivity index (χ2n) is 4.56. The average molecular weight is 318 g/mol. The van der Waals surface area contributed by atoms with Gasteiger partial charge in [-0.1, -0.05) is 26.0 Å². The van der Waals surface area contributed by atoms with E-state index in [0.717, 1.165) is 40.5 Å². The largest absolute Gasteiger partial charge is 0.493 e. The Kier molecular flexibility index (Phi) is 7.81. The zero-order valence-corrected chi connectivity index (χ0v) is 14.8. The molecule has 0 fully saturated rings. The number of hydrogen-bond acceptors (Lipinski definition) is 4. The minimum atomic E-state index is 0.730. The monoisotopic (exact) mass is 318 g/mol. The van der Waals surface area contributed by atoms with Gasteiger partial charge < -0.3 is 18.9 Å². The molecule has 0 N–H and O–H groups in total. The fourth-order valence-corrected chi connectivity index (χ4v) is 2.22. The number of benzene rings is 2.